The highest BCUT2D eigenvalue weighted by Crippen LogP contribution is 2.22. The van der Waals surface area contributed by atoms with Gasteiger partial charge in [0, 0.05) is 17.8 Å². The molecule has 0 unspecified atom stereocenters. The maximum atomic E-state index is 12.8. The first kappa shape index (κ1) is 19.4. The van der Waals surface area contributed by atoms with Gasteiger partial charge in [0.2, 0.25) is 0 Å². The van der Waals surface area contributed by atoms with Crippen LogP contribution in [0.4, 0.5) is 11.5 Å². The van der Waals surface area contributed by atoms with Crippen LogP contribution in [0.3, 0.4) is 0 Å². The molecule has 0 atom stereocenters. The van der Waals surface area contributed by atoms with Crippen molar-refractivity contribution in [2.24, 2.45) is 4.99 Å². The Bertz CT molecular complexity index is 1280. The summed E-state index contributed by atoms with van der Waals surface area (Å²) in [7, 11) is -3.81. The minimum Gasteiger partial charge on any atom is -0.507 e. The van der Waals surface area contributed by atoms with E-state index in [1.165, 1.54) is 29.2 Å². The highest BCUT2D eigenvalue weighted by Gasteiger charge is 2.17. The fourth-order valence-corrected chi connectivity index (χ4v) is 3.85. The molecule has 7 nitrogen and oxygen atoms in total. The van der Waals surface area contributed by atoms with E-state index >= 15 is 0 Å². The number of hydrogen-bond donors (Lipinski definition) is 2. The average Bonchev–Trinajstić information content (AvgIpc) is 3.21. The molecule has 0 fully saturated rings. The summed E-state index contributed by atoms with van der Waals surface area (Å²) in [5.74, 6) is 0.461. The van der Waals surface area contributed by atoms with E-state index < -0.39 is 10.0 Å². The fourth-order valence-electron chi connectivity index (χ4n) is 2.80. The zero-order valence-corrected chi connectivity index (χ0v) is 16.6. The molecule has 0 saturated heterocycles. The molecule has 4 rings (SSSR count). The summed E-state index contributed by atoms with van der Waals surface area (Å²) in [6.07, 6.45) is 3.05. The molecule has 0 aliphatic rings. The van der Waals surface area contributed by atoms with Crippen molar-refractivity contribution in [3.63, 3.8) is 0 Å². The number of phenolic OH excluding ortho intramolecular Hbond substituents is 1. The molecule has 150 valence electrons. The largest absolute Gasteiger partial charge is 0.507 e. The Labute approximate surface area is 174 Å². The van der Waals surface area contributed by atoms with Gasteiger partial charge in [0.05, 0.1) is 22.5 Å². The van der Waals surface area contributed by atoms with Crippen molar-refractivity contribution in [1.82, 2.24) is 9.78 Å². The summed E-state index contributed by atoms with van der Waals surface area (Å²) >= 11 is 0. The van der Waals surface area contributed by atoms with Gasteiger partial charge >= 0.3 is 0 Å². The Morgan fingerprint density at radius 1 is 0.900 bits per heavy atom. The molecule has 0 aliphatic heterocycles. The molecule has 1 aromatic heterocycles. The molecule has 8 heteroatoms. The molecule has 3 aromatic carbocycles. The molecule has 0 amide bonds. The summed E-state index contributed by atoms with van der Waals surface area (Å²) in [6.45, 7) is 0. The maximum Gasteiger partial charge on any atom is 0.263 e. The molecular formula is C22H18N4O3S. The lowest BCUT2D eigenvalue weighted by molar-refractivity contribution is 0.474. The van der Waals surface area contributed by atoms with Gasteiger partial charge in [-0.25, -0.2) is 13.1 Å². The third-order valence-corrected chi connectivity index (χ3v) is 5.69. The van der Waals surface area contributed by atoms with E-state index in [-0.39, 0.29) is 10.6 Å². The number of benzene rings is 3. The number of aliphatic imine (C=N–C) groups is 1. The van der Waals surface area contributed by atoms with Crippen LogP contribution in [-0.2, 0) is 10.0 Å². The van der Waals surface area contributed by atoms with Crippen molar-refractivity contribution in [3.05, 3.63) is 96.7 Å². The van der Waals surface area contributed by atoms with E-state index in [1.54, 1.807) is 42.5 Å². The lowest BCUT2D eigenvalue weighted by Crippen LogP contribution is -2.15. The van der Waals surface area contributed by atoms with Crippen LogP contribution in [0, 0.1) is 0 Å². The average molecular weight is 418 g/mol. The van der Waals surface area contributed by atoms with Crippen molar-refractivity contribution < 1.29 is 13.5 Å². The number of nitrogens with zero attached hydrogens (tertiary/aromatic N) is 3. The Hall–Kier alpha value is -3.91. The third kappa shape index (κ3) is 4.23. The van der Waals surface area contributed by atoms with E-state index in [2.05, 4.69) is 14.8 Å². The van der Waals surface area contributed by atoms with Crippen LogP contribution in [0.15, 0.2) is 101 Å². The highest BCUT2D eigenvalue weighted by atomic mass is 32.2. The van der Waals surface area contributed by atoms with Crippen LogP contribution >= 0.6 is 0 Å². The number of hydrogen-bond acceptors (Lipinski definition) is 5. The molecule has 30 heavy (non-hydrogen) atoms. The molecule has 0 radical (unpaired) electrons. The van der Waals surface area contributed by atoms with Crippen LogP contribution in [-0.4, -0.2) is 29.5 Å². The number of rotatable bonds is 6. The second kappa shape index (κ2) is 8.22. The first-order valence-corrected chi connectivity index (χ1v) is 10.6. The number of sulfonamides is 1. The minimum absolute atomic E-state index is 0.102. The topological polar surface area (TPSA) is 96.6 Å². The van der Waals surface area contributed by atoms with Crippen LogP contribution < -0.4 is 4.72 Å². The smallest absolute Gasteiger partial charge is 0.263 e. The number of anilines is 1. The number of aromatic nitrogens is 2. The first-order valence-electron chi connectivity index (χ1n) is 9.07. The van der Waals surface area contributed by atoms with Gasteiger partial charge in [0.25, 0.3) is 10.0 Å². The second-order valence-electron chi connectivity index (χ2n) is 6.38. The summed E-state index contributed by atoms with van der Waals surface area (Å²) in [4.78, 5) is 4.38. The van der Waals surface area contributed by atoms with Gasteiger partial charge in [-0.2, -0.15) is 5.10 Å². The predicted molar refractivity (Wildman–Crippen MR) is 116 cm³/mol. The Morgan fingerprint density at radius 2 is 1.60 bits per heavy atom. The maximum absolute atomic E-state index is 12.8. The normalized spacial score (nSPS) is 11.6. The van der Waals surface area contributed by atoms with Gasteiger partial charge in [-0.05, 0) is 48.5 Å². The zero-order valence-electron chi connectivity index (χ0n) is 15.8. The van der Waals surface area contributed by atoms with Crippen LogP contribution in [0.5, 0.6) is 5.75 Å². The van der Waals surface area contributed by atoms with E-state index in [9.17, 15) is 13.5 Å². The van der Waals surface area contributed by atoms with Gasteiger partial charge in [-0.3, -0.25) is 9.71 Å². The third-order valence-electron chi connectivity index (χ3n) is 4.32. The van der Waals surface area contributed by atoms with Gasteiger partial charge < -0.3 is 5.11 Å². The van der Waals surface area contributed by atoms with Crippen molar-refractivity contribution in [2.45, 2.75) is 4.90 Å². The van der Waals surface area contributed by atoms with Crippen LogP contribution in [0.25, 0.3) is 5.69 Å². The van der Waals surface area contributed by atoms with E-state index in [1.807, 2.05) is 30.3 Å². The number of aromatic hydroxyl groups is 1. The molecule has 1 heterocycles. The summed E-state index contributed by atoms with van der Waals surface area (Å²) in [6, 6.07) is 23.8. The quantitative estimate of drug-likeness (QED) is 0.460. The summed E-state index contributed by atoms with van der Waals surface area (Å²) in [5, 5.41) is 14.0. The number of phenols is 1. The number of nitrogens with one attached hydrogen (secondary N) is 1. The Balaban J connectivity index is 1.53. The predicted octanol–water partition coefficient (Wildman–Crippen LogP) is 4.13. The van der Waals surface area contributed by atoms with Gasteiger partial charge in [-0.15, -0.1) is 0 Å². The molecular weight excluding hydrogens is 400 g/mol. The highest BCUT2D eigenvalue weighted by molar-refractivity contribution is 7.92. The molecule has 0 saturated carbocycles. The Kier molecular flexibility index (Phi) is 5.32. The molecule has 4 aromatic rings. The molecule has 2 N–H and O–H groups in total. The van der Waals surface area contributed by atoms with Gasteiger partial charge in [-0.1, -0.05) is 30.3 Å². The van der Waals surface area contributed by atoms with Gasteiger partial charge in [0.1, 0.15) is 11.6 Å². The molecule has 0 spiro atoms. The Morgan fingerprint density at radius 3 is 2.33 bits per heavy atom. The monoisotopic (exact) mass is 418 g/mol. The lowest BCUT2D eigenvalue weighted by Gasteiger charge is -2.10. The van der Waals surface area contributed by atoms with Crippen molar-refractivity contribution in [1.29, 1.82) is 0 Å². The fraction of sp³-hybridized carbons (Fsp3) is 0. The summed E-state index contributed by atoms with van der Waals surface area (Å²) < 4.78 is 29.7. The second-order valence-corrected chi connectivity index (χ2v) is 8.06. The standard InChI is InChI=1S/C22H18N4O3S/c27-21-9-5-4-6-17(21)16-23-18-10-12-20(13-11-18)30(28,29)25-22-14-15-24-26(22)19-7-2-1-3-8-19/h1-16,25,27H. The zero-order chi connectivity index (χ0) is 21.0. The molecule has 0 aliphatic carbocycles. The minimum atomic E-state index is -3.81. The summed E-state index contributed by atoms with van der Waals surface area (Å²) in [5.41, 5.74) is 1.88. The van der Waals surface area contributed by atoms with Crippen molar-refractivity contribution >= 4 is 27.7 Å². The number of para-hydroxylation sites is 2. The molecule has 0 bridgehead atoms. The van der Waals surface area contributed by atoms with Crippen LogP contribution in [0.1, 0.15) is 5.56 Å². The van der Waals surface area contributed by atoms with E-state index in [0.717, 1.165) is 5.69 Å². The van der Waals surface area contributed by atoms with Crippen molar-refractivity contribution in [3.8, 4) is 11.4 Å². The van der Waals surface area contributed by atoms with Gasteiger partial charge in [0.15, 0.2) is 0 Å². The van der Waals surface area contributed by atoms with Crippen molar-refractivity contribution in [2.75, 3.05) is 4.72 Å². The SMILES string of the molecule is O=S(=O)(Nc1ccnn1-c1ccccc1)c1ccc(N=Cc2ccccc2O)cc1. The lowest BCUT2D eigenvalue weighted by atomic mass is 10.2. The van der Waals surface area contributed by atoms with Crippen LogP contribution in [0.2, 0.25) is 0 Å². The van der Waals surface area contributed by atoms with E-state index in [0.29, 0.717) is 17.1 Å². The first-order chi connectivity index (χ1) is 14.5. The van der Waals surface area contributed by atoms with E-state index in [4.69, 9.17) is 0 Å².